The highest BCUT2D eigenvalue weighted by Gasteiger charge is 2.24. The molecule has 0 aromatic heterocycles. The summed E-state index contributed by atoms with van der Waals surface area (Å²) in [5, 5.41) is 6.34. The Hall–Kier alpha value is -1.91. The molecular formula is C16H14ClFN2O. The van der Waals surface area contributed by atoms with Gasteiger partial charge in [0.25, 0.3) is 0 Å². The number of nitrogens with one attached hydrogen (secondary N) is 2. The minimum absolute atomic E-state index is 0.0508. The number of amides is 1. The molecule has 0 spiro atoms. The quantitative estimate of drug-likeness (QED) is 0.913. The van der Waals surface area contributed by atoms with Gasteiger partial charge in [0.15, 0.2) is 0 Å². The SMILES string of the molecule is CNC(c1ccccc1F)c1cc2c(cc1Cl)NC(=O)C2. The Bertz CT molecular complexity index is 717. The zero-order chi connectivity index (χ0) is 15.0. The van der Waals surface area contributed by atoms with Gasteiger partial charge in [0, 0.05) is 16.3 Å². The second-order valence-electron chi connectivity index (χ2n) is 5.00. The standard InChI is InChI=1S/C16H14ClFN2O/c1-19-16(10-4-2-3-5-13(10)18)11-6-9-7-15(21)20-14(9)8-12(11)17/h2-6,8,16,19H,7H2,1H3,(H,20,21). The number of benzene rings is 2. The largest absolute Gasteiger partial charge is 0.325 e. The lowest BCUT2D eigenvalue weighted by atomic mass is 9.96. The van der Waals surface area contributed by atoms with E-state index in [0.29, 0.717) is 17.0 Å². The van der Waals surface area contributed by atoms with Crippen LogP contribution in [0.4, 0.5) is 10.1 Å². The molecule has 2 N–H and O–H groups in total. The highest BCUT2D eigenvalue weighted by atomic mass is 35.5. The third-order valence-corrected chi connectivity index (χ3v) is 3.99. The Morgan fingerprint density at radius 1 is 1.29 bits per heavy atom. The fourth-order valence-corrected chi connectivity index (χ4v) is 2.95. The lowest BCUT2D eigenvalue weighted by Crippen LogP contribution is -2.19. The maximum absolute atomic E-state index is 14.0. The van der Waals surface area contributed by atoms with Gasteiger partial charge in [-0.05, 0) is 36.4 Å². The highest BCUT2D eigenvalue weighted by Crippen LogP contribution is 2.35. The van der Waals surface area contributed by atoms with E-state index in [-0.39, 0.29) is 17.8 Å². The van der Waals surface area contributed by atoms with Crippen molar-refractivity contribution in [3.8, 4) is 0 Å². The van der Waals surface area contributed by atoms with Crippen molar-refractivity contribution in [2.24, 2.45) is 0 Å². The van der Waals surface area contributed by atoms with Crippen molar-refractivity contribution in [2.75, 3.05) is 12.4 Å². The van der Waals surface area contributed by atoms with E-state index in [2.05, 4.69) is 10.6 Å². The fourth-order valence-electron chi connectivity index (χ4n) is 2.68. The Kier molecular flexibility index (Phi) is 3.66. The molecule has 0 radical (unpaired) electrons. The van der Waals surface area contributed by atoms with Gasteiger partial charge in [0.2, 0.25) is 5.91 Å². The van der Waals surface area contributed by atoms with Gasteiger partial charge in [-0.3, -0.25) is 4.79 Å². The summed E-state index contributed by atoms with van der Waals surface area (Å²) >= 11 is 6.32. The van der Waals surface area contributed by atoms with Gasteiger partial charge < -0.3 is 10.6 Å². The molecule has 1 aliphatic heterocycles. The van der Waals surface area contributed by atoms with Crippen LogP contribution < -0.4 is 10.6 Å². The zero-order valence-corrected chi connectivity index (χ0v) is 12.2. The molecule has 21 heavy (non-hydrogen) atoms. The van der Waals surface area contributed by atoms with Crippen molar-refractivity contribution in [2.45, 2.75) is 12.5 Å². The number of carbonyl (C=O) groups is 1. The molecule has 1 aliphatic rings. The average Bonchev–Trinajstić information content (AvgIpc) is 2.81. The molecule has 1 atom stereocenters. The average molecular weight is 305 g/mol. The van der Waals surface area contributed by atoms with Crippen LogP contribution in [0.5, 0.6) is 0 Å². The molecule has 0 fully saturated rings. The zero-order valence-electron chi connectivity index (χ0n) is 11.4. The van der Waals surface area contributed by atoms with Gasteiger partial charge in [0.05, 0.1) is 12.5 Å². The number of fused-ring (bicyclic) bond motifs is 1. The number of rotatable bonds is 3. The van der Waals surface area contributed by atoms with E-state index < -0.39 is 0 Å². The van der Waals surface area contributed by atoms with Crippen LogP contribution in [0.15, 0.2) is 36.4 Å². The first-order chi connectivity index (χ1) is 10.1. The van der Waals surface area contributed by atoms with Crippen LogP contribution in [0, 0.1) is 5.82 Å². The van der Waals surface area contributed by atoms with Gasteiger partial charge in [0.1, 0.15) is 5.82 Å². The number of anilines is 1. The van der Waals surface area contributed by atoms with Crippen molar-refractivity contribution in [1.82, 2.24) is 5.32 Å². The Morgan fingerprint density at radius 2 is 2.05 bits per heavy atom. The van der Waals surface area contributed by atoms with E-state index in [1.165, 1.54) is 6.07 Å². The van der Waals surface area contributed by atoms with Gasteiger partial charge in [-0.2, -0.15) is 0 Å². The summed E-state index contributed by atoms with van der Waals surface area (Å²) < 4.78 is 14.0. The first kappa shape index (κ1) is 14.0. The van der Waals surface area contributed by atoms with E-state index in [9.17, 15) is 9.18 Å². The van der Waals surface area contributed by atoms with E-state index in [4.69, 9.17) is 11.6 Å². The summed E-state index contributed by atoms with van der Waals surface area (Å²) in [6.45, 7) is 0. The van der Waals surface area contributed by atoms with Crippen molar-refractivity contribution >= 4 is 23.2 Å². The van der Waals surface area contributed by atoms with Crippen LogP contribution in [0.2, 0.25) is 5.02 Å². The molecule has 1 unspecified atom stereocenters. The molecule has 0 aliphatic carbocycles. The monoisotopic (exact) mass is 304 g/mol. The van der Waals surface area contributed by atoms with E-state index in [1.807, 2.05) is 6.07 Å². The third-order valence-electron chi connectivity index (χ3n) is 3.66. The van der Waals surface area contributed by atoms with Crippen molar-refractivity contribution in [3.63, 3.8) is 0 Å². The molecule has 0 saturated carbocycles. The van der Waals surface area contributed by atoms with Crippen molar-refractivity contribution in [3.05, 3.63) is 63.9 Å². The van der Waals surface area contributed by atoms with Gasteiger partial charge >= 0.3 is 0 Å². The predicted molar refractivity (Wildman–Crippen MR) is 81.1 cm³/mol. The maximum Gasteiger partial charge on any atom is 0.228 e. The molecule has 1 amide bonds. The molecule has 0 bridgehead atoms. The Morgan fingerprint density at radius 3 is 2.76 bits per heavy atom. The van der Waals surface area contributed by atoms with Crippen LogP contribution in [0.25, 0.3) is 0 Å². The predicted octanol–water partition coefficient (Wildman–Crippen LogP) is 3.28. The van der Waals surface area contributed by atoms with E-state index in [0.717, 1.165) is 16.8 Å². The lowest BCUT2D eigenvalue weighted by molar-refractivity contribution is -0.115. The molecule has 5 heteroatoms. The normalized spacial score (nSPS) is 14.7. The minimum Gasteiger partial charge on any atom is -0.325 e. The fraction of sp³-hybridized carbons (Fsp3) is 0.188. The van der Waals surface area contributed by atoms with Crippen molar-refractivity contribution < 1.29 is 9.18 Å². The van der Waals surface area contributed by atoms with Crippen LogP contribution in [0.1, 0.15) is 22.7 Å². The van der Waals surface area contributed by atoms with E-state index >= 15 is 0 Å². The molecule has 1 heterocycles. The topological polar surface area (TPSA) is 41.1 Å². The molecule has 3 rings (SSSR count). The molecule has 0 saturated heterocycles. The van der Waals surface area contributed by atoms with Crippen LogP contribution >= 0.6 is 11.6 Å². The molecule has 108 valence electrons. The summed E-state index contributed by atoms with van der Waals surface area (Å²) in [6.07, 6.45) is 0.327. The van der Waals surface area contributed by atoms with Crippen LogP contribution in [0.3, 0.4) is 0 Å². The Balaban J connectivity index is 2.09. The second kappa shape index (κ2) is 5.47. The van der Waals surface area contributed by atoms with Gasteiger partial charge in [-0.25, -0.2) is 4.39 Å². The number of hydrogen-bond acceptors (Lipinski definition) is 2. The van der Waals surface area contributed by atoms with Crippen LogP contribution in [-0.4, -0.2) is 13.0 Å². The molecule has 2 aromatic rings. The molecule has 3 nitrogen and oxygen atoms in total. The van der Waals surface area contributed by atoms with Crippen molar-refractivity contribution in [1.29, 1.82) is 0 Å². The second-order valence-corrected chi connectivity index (χ2v) is 5.41. The first-order valence-electron chi connectivity index (χ1n) is 6.64. The summed E-state index contributed by atoms with van der Waals surface area (Å²) in [7, 11) is 1.75. The smallest absolute Gasteiger partial charge is 0.228 e. The minimum atomic E-state index is -0.361. The van der Waals surface area contributed by atoms with E-state index in [1.54, 1.807) is 31.3 Å². The summed E-state index contributed by atoms with van der Waals surface area (Å²) in [6, 6.07) is 9.81. The third kappa shape index (κ3) is 2.52. The first-order valence-corrected chi connectivity index (χ1v) is 7.02. The van der Waals surface area contributed by atoms with Crippen LogP contribution in [-0.2, 0) is 11.2 Å². The van der Waals surface area contributed by atoms with Gasteiger partial charge in [-0.15, -0.1) is 0 Å². The number of carbonyl (C=O) groups excluding carboxylic acids is 1. The molecular weight excluding hydrogens is 291 g/mol. The number of halogens is 2. The number of hydrogen-bond donors (Lipinski definition) is 2. The highest BCUT2D eigenvalue weighted by molar-refractivity contribution is 6.32. The lowest BCUT2D eigenvalue weighted by Gasteiger charge is -2.20. The summed E-state index contributed by atoms with van der Waals surface area (Å²) in [4.78, 5) is 11.5. The Labute approximate surface area is 127 Å². The summed E-state index contributed by atoms with van der Waals surface area (Å²) in [5.74, 6) is -0.340. The molecule has 2 aromatic carbocycles. The maximum atomic E-state index is 14.0. The summed E-state index contributed by atoms with van der Waals surface area (Å²) in [5.41, 5.74) is 2.91. The van der Waals surface area contributed by atoms with Gasteiger partial charge in [-0.1, -0.05) is 29.8 Å².